The Morgan fingerprint density at radius 3 is 2.73 bits per heavy atom. The Morgan fingerprint density at radius 2 is 2.02 bits per heavy atom. The van der Waals surface area contributed by atoms with Crippen molar-refractivity contribution in [3.05, 3.63) is 79.8 Å². The number of carbonyl (C=O) groups excluding carboxylic acids is 2. The average Bonchev–Trinajstić information content (AvgIpc) is 3.37. The van der Waals surface area contributed by atoms with Gasteiger partial charge in [0.05, 0.1) is 38.4 Å². The number of allylic oxidation sites excluding steroid dienone is 3. The van der Waals surface area contributed by atoms with E-state index in [-0.39, 0.29) is 39.3 Å². The van der Waals surface area contributed by atoms with Gasteiger partial charge in [-0.15, -0.1) is 10.2 Å². The summed E-state index contributed by atoms with van der Waals surface area (Å²) in [6.45, 7) is 4.01. The Balaban J connectivity index is 1.48. The average molecular weight is 647 g/mol. The smallest absolute Gasteiger partial charge is 0.235 e. The zero-order chi connectivity index (χ0) is 29.5. The number of nitriles is 1. The Labute approximate surface area is 259 Å². The molecular weight excluding hydrogens is 625 g/mol. The first-order chi connectivity index (χ1) is 19.5. The molecular formula is C27H22Cl3N7O2S2. The molecule has 9 nitrogen and oxygen atoms in total. The van der Waals surface area contributed by atoms with Gasteiger partial charge in [0.25, 0.3) is 0 Å². The van der Waals surface area contributed by atoms with Gasteiger partial charge >= 0.3 is 0 Å². The van der Waals surface area contributed by atoms with E-state index in [2.05, 4.69) is 26.6 Å². The van der Waals surface area contributed by atoms with Gasteiger partial charge in [-0.2, -0.15) is 5.26 Å². The van der Waals surface area contributed by atoms with Gasteiger partial charge in [-0.1, -0.05) is 83.9 Å². The summed E-state index contributed by atoms with van der Waals surface area (Å²) >= 11 is 21.1. The maximum Gasteiger partial charge on any atom is 0.235 e. The highest BCUT2D eigenvalue weighted by atomic mass is 35.5. The lowest BCUT2D eigenvalue weighted by molar-refractivity contribution is -0.118. The van der Waals surface area contributed by atoms with E-state index in [4.69, 9.17) is 40.5 Å². The summed E-state index contributed by atoms with van der Waals surface area (Å²) in [7, 11) is 0. The third kappa shape index (κ3) is 5.94. The Kier molecular flexibility index (Phi) is 8.32. The molecule has 3 heterocycles. The van der Waals surface area contributed by atoms with Gasteiger partial charge in [-0.05, 0) is 35.6 Å². The molecule has 3 aromatic rings. The molecule has 0 spiro atoms. The number of nitrogens with two attached hydrogens (primary N) is 1. The molecule has 0 saturated carbocycles. The summed E-state index contributed by atoms with van der Waals surface area (Å²) in [5.74, 6) is -0.579. The third-order valence-corrected chi connectivity index (χ3v) is 9.68. The second-order valence-corrected chi connectivity index (χ2v) is 13.6. The summed E-state index contributed by atoms with van der Waals surface area (Å²) in [5.41, 5.74) is 8.09. The minimum absolute atomic E-state index is 0.0580. The number of nitrogens with zero attached hydrogens (tertiary/aromatic N) is 5. The number of amides is 1. The van der Waals surface area contributed by atoms with Crippen LogP contribution in [-0.2, 0) is 9.59 Å². The largest absolute Gasteiger partial charge is 0.384 e. The van der Waals surface area contributed by atoms with E-state index in [1.54, 1.807) is 35.2 Å². The predicted octanol–water partition coefficient (Wildman–Crippen LogP) is 6.56. The number of benzene rings is 1. The SMILES string of the molecule is CC1(C)CC(=O)C2=C(C1)N(c1nnc(SCC(=O)Nc3ccc(Cl)cn3)s1)C(N)=C(C#N)C2c1cccc(Cl)c1Cl. The van der Waals surface area contributed by atoms with Crippen LogP contribution in [-0.4, -0.2) is 32.6 Å². The minimum Gasteiger partial charge on any atom is -0.384 e. The lowest BCUT2D eigenvalue weighted by atomic mass is 9.68. The van der Waals surface area contributed by atoms with E-state index in [1.807, 2.05) is 13.8 Å². The van der Waals surface area contributed by atoms with E-state index < -0.39 is 5.92 Å². The third-order valence-electron chi connectivity index (χ3n) is 6.58. The highest BCUT2D eigenvalue weighted by Crippen LogP contribution is 2.52. The molecule has 0 fully saturated rings. The van der Waals surface area contributed by atoms with E-state index in [0.717, 1.165) is 0 Å². The number of anilines is 2. The maximum atomic E-state index is 13.7. The zero-order valence-electron chi connectivity index (χ0n) is 21.7. The predicted molar refractivity (Wildman–Crippen MR) is 162 cm³/mol. The van der Waals surface area contributed by atoms with Crippen LogP contribution in [0.2, 0.25) is 15.1 Å². The number of Topliss-reactive ketones (excluding diaryl/α,β-unsaturated/α-hetero) is 1. The van der Waals surface area contributed by atoms with Crippen LogP contribution < -0.4 is 16.0 Å². The first-order valence-electron chi connectivity index (χ1n) is 12.3. The van der Waals surface area contributed by atoms with Crippen LogP contribution in [0.4, 0.5) is 10.9 Å². The normalized spacial score (nSPS) is 18.3. The van der Waals surface area contributed by atoms with Crippen LogP contribution >= 0.6 is 57.9 Å². The molecule has 0 bridgehead atoms. The Hall–Kier alpha value is -3.14. The van der Waals surface area contributed by atoms with Gasteiger partial charge in [0, 0.05) is 23.9 Å². The summed E-state index contributed by atoms with van der Waals surface area (Å²) in [6.07, 6.45) is 2.24. The molecule has 1 aliphatic carbocycles. The molecule has 41 heavy (non-hydrogen) atoms. The van der Waals surface area contributed by atoms with Gasteiger partial charge in [0.15, 0.2) is 10.1 Å². The van der Waals surface area contributed by atoms with Crippen molar-refractivity contribution in [1.29, 1.82) is 5.26 Å². The second kappa shape index (κ2) is 11.6. The number of carbonyl (C=O) groups is 2. The molecule has 3 N–H and O–H groups in total. The summed E-state index contributed by atoms with van der Waals surface area (Å²) < 4.78 is 0.508. The zero-order valence-corrected chi connectivity index (χ0v) is 25.6. The molecule has 210 valence electrons. The summed E-state index contributed by atoms with van der Waals surface area (Å²) in [4.78, 5) is 31.8. The number of thioether (sulfide) groups is 1. The minimum atomic E-state index is -0.770. The number of hydrogen-bond acceptors (Lipinski definition) is 10. The van der Waals surface area contributed by atoms with Crippen LogP contribution in [0, 0.1) is 16.7 Å². The van der Waals surface area contributed by atoms with Crippen molar-refractivity contribution >= 4 is 80.5 Å². The number of rotatable bonds is 6. The fourth-order valence-electron chi connectivity index (χ4n) is 4.89. The molecule has 2 aliphatic rings. The van der Waals surface area contributed by atoms with Crippen LogP contribution in [0.5, 0.6) is 0 Å². The molecule has 1 aromatic carbocycles. The molecule has 14 heteroatoms. The first-order valence-corrected chi connectivity index (χ1v) is 15.2. The van der Waals surface area contributed by atoms with Crippen molar-refractivity contribution in [3.8, 4) is 6.07 Å². The lowest BCUT2D eigenvalue weighted by Gasteiger charge is -2.42. The molecule has 1 atom stereocenters. The fourth-order valence-corrected chi connectivity index (χ4v) is 7.10. The fraction of sp³-hybridized carbons (Fsp3) is 0.259. The van der Waals surface area contributed by atoms with Gasteiger partial charge in [0.1, 0.15) is 11.6 Å². The van der Waals surface area contributed by atoms with E-state index in [9.17, 15) is 14.9 Å². The van der Waals surface area contributed by atoms with E-state index >= 15 is 0 Å². The van der Waals surface area contributed by atoms with Crippen molar-refractivity contribution in [2.24, 2.45) is 11.1 Å². The first kappa shape index (κ1) is 29.4. The molecule has 2 aromatic heterocycles. The van der Waals surface area contributed by atoms with Crippen molar-refractivity contribution in [3.63, 3.8) is 0 Å². The molecule has 0 radical (unpaired) electrons. The quantitative estimate of drug-likeness (QED) is 0.285. The number of nitrogens with one attached hydrogen (secondary N) is 1. The van der Waals surface area contributed by atoms with E-state index in [0.29, 0.717) is 55.0 Å². The van der Waals surface area contributed by atoms with Crippen LogP contribution in [0.25, 0.3) is 0 Å². The number of halogens is 3. The number of ketones is 1. The highest BCUT2D eigenvalue weighted by molar-refractivity contribution is 8.01. The van der Waals surface area contributed by atoms with Gasteiger partial charge in [-0.3, -0.25) is 14.5 Å². The molecule has 0 saturated heterocycles. The molecule has 1 unspecified atom stereocenters. The van der Waals surface area contributed by atoms with Crippen molar-refractivity contribution in [1.82, 2.24) is 15.2 Å². The van der Waals surface area contributed by atoms with E-state index in [1.165, 1.54) is 29.3 Å². The highest BCUT2D eigenvalue weighted by Gasteiger charge is 2.46. The molecule has 1 aliphatic heterocycles. The van der Waals surface area contributed by atoms with Crippen LogP contribution in [0.1, 0.15) is 38.2 Å². The lowest BCUT2D eigenvalue weighted by Crippen LogP contribution is -2.42. The number of aromatic nitrogens is 3. The van der Waals surface area contributed by atoms with Crippen LogP contribution in [0.15, 0.2) is 63.5 Å². The summed E-state index contributed by atoms with van der Waals surface area (Å²) in [6, 6.07) is 10.6. The molecule has 1 amide bonds. The second-order valence-electron chi connectivity index (χ2n) is 10.2. The molecule has 5 rings (SSSR count). The Morgan fingerprint density at radius 1 is 1.24 bits per heavy atom. The number of pyridine rings is 1. The van der Waals surface area contributed by atoms with Crippen molar-refractivity contribution < 1.29 is 9.59 Å². The Bertz CT molecular complexity index is 1660. The van der Waals surface area contributed by atoms with Gasteiger partial charge in [0.2, 0.25) is 11.0 Å². The van der Waals surface area contributed by atoms with Crippen molar-refractivity contribution in [2.45, 2.75) is 36.9 Å². The maximum absolute atomic E-state index is 13.7. The van der Waals surface area contributed by atoms with Gasteiger partial charge in [-0.25, -0.2) is 4.98 Å². The van der Waals surface area contributed by atoms with Crippen molar-refractivity contribution in [2.75, 3.05) is 16.0 Å². The topological polar surface area (TPSA) is 138 Å². The standard InChI is InChI=1S/C27H22Cl3N7O2S2/c1-27(2)8-17-22(18(38)9-27)21(14-4-3-5-16(29)23(14)30)15(10-31)24(32)37(17)25-35-36-26(41-25)40-12-20(39)34-19-7-6-13(28)11-33-19/h3-7,11,21H,8-9,12,32H2,1-2H3,(H,33,34,39). The van der Waals surface area contributed by atoms with Crippen LogP contribution in [0.3, 0.4) is 0 Å². The number of hydrogen-bond donors (Lipinski definition) is 2. The van der Waals surface area contributed by atoms with Gasteiger partial charge < -0.3 is 11.1 Å². The summed E-state index contributed by atoms with van der Waals surface area (Å²) in [5, 5.41) is 22.9. The monoisotopic (exact) mass is 645 g/mol.